The van der Waals surface area contributed by atoms with E-state index in [2.05, 4.69) is 10.3 Å². The maximum absolute atomic E-state index is 11.7. The number of ether oxygens (including phenoxy) is 1. The van der Waals surface area contributed by atoms with Crippen molar-refractivity contribution in [2.75, 3.05) is 19.8 Å². The van der Waals surface area contributed by atoms with E-state index in [1.807, 2.05) is 6.92 Å². The molecule has 0 aliphatic carbocycles. The first-order chi connectivity index (χ1) is 9.15. The van der Waals surface area contributed by atoms with Gasteiger partial charge in [-0.25, -0.2) is 9.78 Å². The van der Waals surface area contributed by atoms with Gasteiger partial charge in [0.25, 0.3) is 5.91 Å². The minimum Gasteiger partial charge on any atom is -0.477 e. The standard InChI is InChI=1S/C13H18N2O4/c1-2-8-19-9-4-7-14-12(16)10-5-3-6-11(15-10)13(17)18/h3,5-6H,2,4,7-9H2,1H3,(H,14,16)(H,17,18). The Morgan fingerprint density at radius 3 is 2.74 bits per heavy atom. The van der Waals surface area contributed by atoms with Gasteiger partial charge >= 0.3 is 5.97 Å². The average molecular weight is 266 g/mol. The van der Waals surface area contributed by atoms with E-state index < -0.39 is 5.97 Å². The summed E-state index contributed by atoms with van der Waals surface area (Å²) >= 11 is 0. The zero-order valence-corrected chi connectivity index (χ0v) is 10.9. The lowest BCUT2D eigenvalue weighted by Crippen LogP contribution is -2.26. The van der Waals surface area contributed by atoms with Gasteiger partial charge in [-0.1, -0.05) is 13.0 Å². The Kier molecular flexibility index (Phi) is 6.52. The van der Waals surface area contributed by atoms with Crippen molar-refractivity contribution in [1.29, 1.82) is 0 Å². The summed E-state index contributed by atoms with van der Waals surface area (Å²) in [4.78, 5) is 26.2. The van der Waals surface area contributed by atoms with E-state index in [0.717, 1.165) is 13.0 Å². The third kappa shape index (κ3) is 5.48. The average Bonchev–Trinajstić information content (AvgIpc) is 2.42. The van der Waals surface area contributed by atoms with Crippen molar-refractivity contribution in [3.8, 4) is 0 Å². The van der Waals surface area contributed by atoms with Gasteiger partial charge in [-0.05, 0) is 25.0 Å². The lowest BCUT2D eigenvalue weighted by molar-refractivity contribution is 0.0690. The largest absolute Gasteiger partial charge is 0.477 e. The number of carboxylic acids is 1. The molecule has 1 heterocycles. The topological polar surface area (TPSA) is 88.5 Å². The molecular weight excluding hydrogens is 248 g/mol. The van der Waals surface area contributed by atoms with Gasteiger partial charge in [0.1, 0.15) is 11.4 Å². The van der Waals surface area contributed by atoms with Crippen LogP contribution in [0, 0.1) is 0 Å². The highest BCUT2D eigenvalue weighted by Gasteiger charge is 2.10. The number of pyridine rings is 1. The molecule has 19 heavy (non-hydrogen) atoms. The smallest absolute Gasteiger partial charge is 0.354 e. The number of nitrogens with one attached hydrogen (secondary N) is 1. The zero-order valence-electron chi connectivity index (χ0n) is 10.9. The summed E-state index contributed by atoms with van der Waals surface area (Å²) in [5.41, 5.74) is -0.0340. The van der Waals surface area contributed by atoms with Crippen LogP contribution in [-0.2, 0) is 4.74 Å². The quantitative estimate of drug-likeness (QED) is 0.693. The number of aromatic nitrogens is 1. The molecule has 0 unspecified atom stereocenters. The number of nitrogens with zero attached hydrogens (tertiary/aromatic N) is 1. The van der Waals surface area contributed by atoms with E-state index in [-0.39, 0.29) is 17.3 Å². The minimum atomic E-state index is -1.15. The molecule has 0 radical (unpaired) electrons. The van der Waals surface area contributed by atoms with E-state index in [1.54, 1.807) is 0 Å². The molecule has 0 aromatic carbocycles. The van der Waals surface area contributed by atoms with Gasteiger partial charge in [0.2, 0.25) is 0 Å². The van der Waals surface area contributed by atoms with E-state index in [4.69, 9.17) is 9.84 Å². The van der Waals surface area contributed by atoms with Crippen molar-refractivity contribution < 1.29 is 19.4 Å². The first-order valence-corrected chi connectivity index (χ1v) is 6.21. The molecule has 104 valence electrons. The number of carbonyl (C=O) groups excluding carboxylic acids is 1. The number of aromatic carboxylic acids is 1. The van der Waals surface area contributed by atoms with Crippen LogP contribution >= 0.6 is 0 Å². The molecule has 6 heteroatoms. The van der Waals surface area contributed by atoms with Crippen LogP contribution in [-0.4, -0.2) is 41.7 Å². The van der Waals surface area contributed by atoms with Crippen molar-refractivity contribution in [3.63, 3.8) is 0 Å². The van der Waals surface area contributed by atoms with E-state index in [0.29, 0.717) is 19.6 Å². The third-order valence-electron chi connectivity index (χ3n) is 2.30. The van der Waals surface area contributed by atoms with Gasteiger partial charge in [0.05, 0.1) is 0 Å². The molecule has 0 saturated carbocycles. The molecule has 1 amide bonds. The Morgan fingerprint density at radius 2 is 2.05 bits per heavy atom. The summed E-state index contributed by atoms with van der Waals surface area (Å²) in [6.45, 7) is 3.82. The minimum absolute atomic E-state index is 0.106. The van der Waals surface area contributed by atoms with Crippen LogP contribution in [0.4, 0.5) is 0 Å². The first-order valence-electron chi connectivity index (χ1n) is 6.21. The molecule has 2 N–H and O–H groups in total. The number of carbonyl (C=O) groups is 2. The van der Waals surface area contributed by atoms with E-state index in [9.17, 15) is 9.59 Å². The van der Waals surface area contributed by atoms with Gasteiger partial charge in [-0.3, -0.25) is 4.79 Å². The molecule has 1 rings (SSSR count). The fraction of sp³-hybridized carbons (Fsp3) is 0.462. The van der Waals surface area contributed by atoms with Gasteiger partial charge in [0, 0.05) is 19.8 Å². The Bertz CT molecular complexity index is 434. The van der Waals surface area contributed by atoms with Crippen molar-refractivity contribution in [2.24, 2.45) is 0 Å². The molecule has 0 fully saturated rings. The van der Waals surface area contributed by atoms with Crippen molar-refractivity contribution >= 4 is 11.9 Å². The number of hydrogen-bond acceptors (Lipinski definition) is 4. The number of amides is 1. The summed E-state index contributed by atoms with van der Waals surface area (Å²) < 4.78 is 5.28. The third-order valence-corrected chi connectivity index (χ3v) is 2.30. The Balaban J connectivity index is 2.37. The number of hydrogen-bond donors (Lipinski definition) is 2. The highest BCUT2D eigenvalue weighted by molar-refractivity contribution is 5.94. The Labute approximate surface area is 111 Å². The SMILES string of the molecule is CCCOCCCNC(=O)c1cccc(C(=O)O)n1. The number of rotatable bonds is 8. The molecule has 0 spiro atoms. The van der Waals surface area contributed by atoms with Gasteiger partial charge in [-0.15, -0.1) is 0 Å². The molecule has 6 nitrogen and oxygen atoms in total. The second kappa shape index (κ2) is 8.20. The fourth-order valence-electron chi connectivity index (χ4n) is 1.39. The van der Waals surface area contributed by atoms with Crippen molar-refractivity contribution in [3.05, 3.63) is 29.6 Å². The Hall–Kier alpha value is -1.95. The Morgan fingerprint density at radius 1 is 1.32 bits per heavy atom. The van der Waals surface area contributed by atoms with Crippen LogP contribution in [0.2, 0.25) is 0 Å². The van der Waals surface area contributed by atoms with Crippen LogP contribution in [0.5, 0.6) is 0 Å². The predicted octanol–water partition coefficient (Wildman–Crippen LogP) is 1.33. The monoisotopic (exact) mass is 266 g/mol. The van der Waals surface area contributed by atoms with Gasteiger partial charge in [-0.2, -0.15) is 0 Å². The molecule has 0 aliphatic rings. The molecular formula is C13H18N2O4. The summed E-state index contributed by atoms with van der Waals surface area (Å²) in [7, 11) is 0. The van der Waals surface area contributed by atoms with Gasteiger partial charge in [0.15, 0.2) is 0 Å². The van der Waals surface area contributed by atoms with Gasteiger partial charge < -0.3 is 15.2 Å². The number of carboxylic acid groups (broad SMARTS) is 1. The molecule has 0 aliphatic heterocycles. The molecule has 0 atom stereocenters. The maximum Gasteiger partial charge on any atom is 0.354 e. The van der Waals surface area contributed by atoms with Crippen LogP contribution in [0.25, 0.3) is 0 Å². The van der Waals surface area contributed by atoms with Crippen molar-refractivity contribution in [1.82, 2.24) is 10.3 Å². The fourth-order valence-corrected chi connectivity index (χ4v) is 1.39. The highest BCUT2D eigenvalue weighted by Crippen LogP contribution is 1.99. The second-order valence-electron chi connectivity index (χ2n) is 3.94. The molecule has 1 aromatic heterocycles. The maximum atomic E-state index is 11.7. The molecule has 1 aromatic rings. The lowest BCUT2D eigenvalue weighted by atomic mass is 10.3. The lowest BCUT2D eigenvalue weighted by Gasteiger charge is -2.05. The normalized spacial score (nSPS) is 10.2. The van der Waals surface area contributed by atoms with Crippen LogP contribution in [0.3, 0.4) is 0 Å². The molecule has 0 bridgehead atoms. The predicted molar refractivity (Wildman–Crippen MR) is 69.3 cm³/mol. The van der Waals surface area contributed by atoms with E-state index >= 15 is 0 Å². The zero-order chi connectivity index (χ0) is 14.1. The first kappa shape index (κ1) is 15.1. The summed E-state index contributed by atoms with van der Waals surface area (Å²) in [6.07, 6.45) is 1.68. The molecule has 0 saturated heterocycles. The van der Waals surface area contributed by atoms with Crippen molar-refractivity contribution in [2.45, 2.75) is 19.8 Å². The summed E-state index contributed by atoms with van der Waals surface area (Å²) in [5.74, 6) is -1.53. The highest BCUT2D eigenvalue weighted by atomic mass is 16.5. The van der Waals surface area contributed by atoms with Crippen LogP contribution in [0.1, 0.15) is 40.7 Å². The van der Waals surface area contributed by atoms with Crippen LogP contribution in [0.15, 0.2) is 18.2 Å². The van der Waals surface area contributed by atoms with Crippen LogP contribution < -0.4 is 5.32 Å². The van der Waals surface area contributed by atoms with E-state index in [1.165, 1.54) is 18.2 Å². The summed E-state index contributed by atoms with van der Waals surface area (Å²) in [5, 5.41) is 11.4. The second-order valence-corrected chi connectivity index (χ2v) is 3.94. The summed E-state index contributed by atoms with van der Waals surface area (Å²) in [6, 6.07) is 4.32.